The normalized spacial score (nSPS) is 17.5. The Balaban J connectivity index is 2.03. The minimum absolute atomic E-state index is 0.0607. The van der Waals surface area contributed by atoms with E-state index in [2.05, 4.69) is 37.9 Å². The monoisotopic (exact) mass is 328 g/mol. The summed E-state index contributed by atoms with van der Waals surface area (Å²) in [5, 5.41) is 18.2. The van der Waals surface area contributed by atoms with Crippen LogP contribution in [0.2, 0.25) is 0 Å². The van der Waals surface area contributed by atoms with Gasteiger partial charge in [0.15, 0.2) is 0 Å². The molecule has 4 nitrogen and oxygen atoms in total. The minimum atomic E-state index is 0.0607. The van der Waals surface area contributed by atoms with E-state index in [9.17, 15) is 5.11 Å². The molecular weight excluding hydrogens is 308 g/mol. The van der Waals surface area contributed by atoms with Crippen LogP contribution >= 0.6 is 15.9 Å². The van der Waals surface area contributed by atoms with Gasteiger partial charge in [0.1, 0.15) is 0 Å². The van der Waals surface area contributed by atoms with Crippen molar-refractivity contribution in [3.63, 3.8) is 0 Å². The largest absolute Gasteiger partial charge is 0.395 e. The van der Waals surface area contributed by atoms with Crippen LogP contribution in [0.25, 0.3) is 0 Å². The first-order valence-electron chi connectivity index (χ1n) is 6.72. The SMILES string of the molecule is OCCN1CCCN(c2ccc(CO)c(Br)c2)CC1. The molecule has 106 valence electrons. The Hall–Kier alpha value is -0.620. The Morgan fingerprint density at radius 2 is 1.95 bits per heavy atom. The maximum atomic E-state index is 9.18. The second-order valence-corrected chi connectivity index (χ2v) is 5.69. The fraction of sp³-hybridized carbons (Fsp3) is 0.571. The lowest BCUT2D eigenvalue weighted by Crippen LogP contribution is -2.32. The first kappa shape index (κ1) is 14.8. The lowest BCUT2D eigenvalue weighted by Gasteiger charge is -2.24. The van der Waals surface area contributed by atoms with E-state index in [1.54, 1.807) is 0 Å². The molecule has 1 heterocycles. The van der Waals surface area contributed by atoms with Gasteiger partial charge in [-0.05, 0) is 30.7 Å². The summed E-state index contributed by atoms with van der Waals surface area (Å²) in [6.07, 6.45) is 1.11. The van der Waals surface area contributed by atoms with E-state index >= 15 is 0 Å². The molecular formula is C14H21BrN2O2. The molecule has 0 bridgehead atoms. The molecule has 5 heteroatoms. The predicted octanol–water partition coefficient (Wildman–Crippen LogP) is 1.45. The Morgan fingerprint density at radius 1 is 1.11 bits per heavy atom. The van der Waals surface area contributed by atoms with E-state index in [0.717, 1.165) is 49.2 Å². The first-order chi connectivity index (χ1) is 9.24. The van der Waals surface area contributed by atoms with Gasteiger partial charge in [-0.25, -0.2) is 0 Å². The third-order valence-corrected chi connectivity index (χ3v) is 4.32. The van der Waals surface area contributed by atoms with Gasteiger partial charge in [-0.15, -0.1) is 0 Å². The standard InChI is InChI=1S/C14H21BrN2O2/c15-14-10-13(3-2-12(14)11-19)17-5-1-4-16(6-7-17)8-9-18/h2-3,10,18-19H,1,4-9,11H2. The number of benzene rings is 1. The average Bonchev–Trinajstić information content (AvgIpc) is 2.65. The Kier molecular flexibility index (Phi) is 5.63. The number of aliphatic hydroxyl groups excluding tert-OH is 2. The smallest absolute Gasteiger partial charge is 0.0692 e. The fourth-order valence-corrected chi connectivity index (χ4v) is 2.95. The third-order valence-electron chi connectivity index (χ3n) is 3.58. The highest BCUT2D eigenvalue weighted by molar-refractivity contribution is 9.10. The Labute approximate surface area is 122 Å². The molecule has 0 spiro atoms. The Morgan fingerprint density at radius 3 is 2.63 bits per heavy atom. The van der Waals surface area contributed by atoms with Gasteiger partial charge in [0.25, 0.3) is 0 Å². The van der Waals surface area contributed by atoms with Gasteiger partial charge in [0.05, 0.1) is 13.2 Å². The molecule has 1 aromatic carbocycles. The Bertz CT molecular complexity index is 414. The van der Waals surface area contributed by atoms with Crippen molar-refractivity contribution < 1.29 is 10.2 Å². The van der Waals surface area contributed by atoms with Crippen LogP contribution in [0.4, 0.5) is 5.69 Å². The van der Waals surface area contributed by atoms with Crippen LogP contribution in [0.15, 0.2) is 22.7 Å². The number of β-amino-alcohol motifs (C(OH)–C–C–N with tert-alkyl or cyclic N) is 1. The average molecular weight is 329 g/mol. The zero-order valence-corrected chi connectivity index (χ0v) is 12.6. The van der Waals surface area contributed by atoms with Crippen LogP contribution in [0, 0.1) is 0 Å². The van der Waals surface area contributed by atoms with Gasteiger partial charge < -0.3 is 15.1 Å². The molecule has 0 amide bonds. The van der Waals surface area contributed by atoms with Gasteiger partial charge in [-0.1, -0.05) is 22.0 Å². The molecule has 2 rings (SSSR count). The lowest BCUT2D eigenvalue weighted by molar-refractivity contribution is 0.204. The van der Waals surface area contributed by atoms with E-state index in [1.165, 1.54) is 5.69 Å². The second kappa shape index (κ2) is 7.24. The maximum Gasteiger partial charge on any atom is 0.0692 e. The summed E-state index contributed by atoms with van der Waals surface area (Å²) in [4.78, 5) is 4.67. The van der Waals surface area contributed by atoms with E-state index in [-0.39, 0.29) is 13.2 Å². The summed E-state index contributed by atoms with van der Waals surface area (Å²) < 4.78 is 0.962. The van der Waals surface area contributed by atoms with Crippen molar-refractivity contribution in [2.24, 2.45) is 0 Å². The zero-order chi connectivity index (χ0) is 13.7. The minimum Gasteiger partial charge on any atom is -0.395 e. The molecule has 0 unspecified atom stereocenters. The van der Waals surface area contributed by atoms with Crippen molar-refractivity contribution >= 4 is 21.6 Å². The molecule has 0 aromatic heterocycles. The highest BCUT2D eigenvalue weighted by atomic mass is 79.9. The van der Waals surface area contributed by atoms with Gasteiger partial charge in [0, 0.05) is 36.3 Å². The van der Waals surface area contributed by atoms with Crippen LogP contribution in [-0.4, -0.2) is 54.4 Å². The van der Waals surface area contributed by atoms with Crippen molar-refractivity contribution in [2.75, 3.05) is 44.2 Å². The number of hydrogen-bond donors (Lipinski definition) is 2. The molecule has 0 radical (unpaired) electrons. The van der Waals surface area contributed by atoms with Gasteiger partial charge >= 0.3 is 0 Å². The summed E-state index contributed by atoms with van der Waals surface area (Å²) in [7, 11) is 0. The second-order valence-electron chi connectivity index (χ2n) is 4.84. The topological polar surface area (TPSA) is 46.9 Å². The molecule has 1 fully saturated rings. The van der Waals surface area contributed by atoms with E-state index < -0.39 is 0 Å². The first-order valence-corrected chi connectivity index (χ1v) is 7.51. The number of aliphatic hydroxyl groups is 2. The molecule has 0 saturated carbocycles. The van der Waals surface area contributed by atoms with Crippen LogP contribution in [0.5, 0.6) is 0 Å². The molecule has 1 aliphatic rings. The van der Waals surface area contributed by atoms with E-state index in [0.29, 0.717) is 0 Å². The quantitative estimate of drug-likeness (QED) is 0.878. The number of halogens is 1. The van der Waals surface area contributed by atoms with E-state index in [4.69, 9.17) is 5.11 Å². The van der Waals surface area contributed by atoms with E-state index in [1.807, 2.05) is 6.07 Å². The molecule has 19 heavy (non-hydrogen) atoms. The fourth-order valence-electron chi connectivity index (χ4n) is 2.46. The molecule has 1 aliphatic heterocycles. The van der Waals surface area contributed by atoms with Crippen molar-refractivity contribution in [3.05, 3.63) is 28.2 Å². The summed E-state index contributed by atoms with van der Waals surface area (Å²) in [5.74, 6) is 0. The van der Waals surface area contributed by atoms with Crippen LogP contribution < -0.4 is 4.90 Å². The molecule has 2 N–H and O–H groups in total. The maximum absolute atomic E-state index is 9.18. The van der Waals surface area contributed by atoms with Crippen molar-refractivity contribution in [1.82, 2.24) is 4.90 Å². The number of hydrogen-bond acceptors (Lipinski definition) is 4. The van der Waals surface area contributed by atoms with Crippen molar-refractivity contribution in [1.29, 1.82) is 0 Å². The third kappa shape index (κ3) is 3.92. The van der Waals surface area contributed by atoms with Gasteiger partial charge in [-0.3, -0.25) is 4.90 Å². The highest BCUT2D eigenvalue weighted by Gasteiger charge is 2.15. The van der Waals surface area contributed by atoms with Crippen molar-refractivity contribution in [3.8, 4) is 0 Å². The highest BCUT2D eigenvalue weighted by Crippen LogP contribution is 2.25. The van der Waals surface area contributed by atoms with Crippen molar-refractivity contribution in [2.45, 2.75) is 13.0 Å². The number of rotatable bonds is 4. The van der Waals surface area contributed by atoms with Gasteiger partial charge in [-0.2, -0.15) is 0 Å². The van der Waals surface area contributed by atoms with Gasteiger partial charge in [0.2, 0.25) is 0 Å². The molecule has 0 atom stereocenters. The number of nitrogens with zero attached hydrogens (tertiary/aromatic N) is 2. The van der Waals surface area contributed by atoms with Crippen LogP contribution in [0.1, 0.15) is 12.0 Å². The predicted molar refractivity (Wildman–Crippen MR) is 80.4 cm³/mol. The molecule has 1 saturated heterocycles. The summed E-state index contributed by atoms with van der Waals surface area (Å²) in [6, 6.07) is 6.11. The molecule has 0 aliphatic carbocycles. The summed E-state index contributed by atoms with van der Waals surface area (Å²) in [6.45, 7) is 5.10. The number of anilines is 1. The lowest BCUT2D eigenvalue weighted by atomic mass is 10.2. The summed E-state index contributed by atoms with van der Waals surface area (Å²) in [5.41, 5.74) is 2.11. The molecule has 1 aromatic rings. The summed E-state index contributed by atoms with van der Waals surface area (Å²) >= 11 is 3.50. The van der Waals surface area contributed by atoms with Crippen LogP contribution in [0.3, 0.4) is 0 Å². The van der Waals surface area contributed by atoms with Crippen LogP contribution in [-0.2, 0) is 6.61 Å². The zero-order valence-electron chi connectivity index (χ0n) is 11.1.